The molecule has 1 aromatic carbocycles. The Morgan fingerprint density at radius 3 is 2.30 bits per heavy atom. The average Bonchev–Trinajstić information content (AvgIpc) is 3.00. The van der Waals surface area contributed by atoms with Crippen LogP contribution in [-0.4, -0.2) is 43.1 Å². The normalized spacial score (nSPS) is 21.6. The number of benzene rings is 1. The maximum atomic E-state index is 13.1. The van der Waals surface area contributed by atoms with Crippen molar-refractivity contribution in [2.75, 3.05) is 20.3 Å². The van der Waals surface area contributed by atoms with Gasteiger partial charge in [0.05, 0.1) is 13.2 Å². The lowest BCUT2D eigenvalue weighted by atomic mass is 10.2. The highest BCUT2D eigenvalue weighted by atomic mass is 31.2. The zero-order valence-electron chi connectivity index (χ0n) is 13.8. The Morgan fingerprint density at radius 2 is 1.78 bits per heavy atom. The highest BCUT2D eigenvalue weighted by molar-refractivity contribution is 7.54. The van der Waals surface area contributed by atoms with Crippen LogP contribution in [0.15, 0.2) is 30.3 Å². The minimum Gasteiger partial charge on any atom is -0.361 e. The Bertz CT molecular complexity index is 555. The zero-order valence-corrected chi connectivity index (χ0v) is 14.7. The Morgan fingerprint density at radius 1 is 1.17 bits per heavy atom. The largest absolute Gasteiger partial charge is 0.361 e. The number of carbonyl (C=O) groups is 1. The molecular formula is C16H24NO5P. The van der Waals surface area contributed by atoms with Gasteiger partial charge in [-0.05, 0) is 38.8 Å². The van der Waals surface area contributed by atoms with Gasteiger partial charge in [-0.2, -0.15) is 0 Å². The van der Waals surface area contributed by atoms with Crippen molar-refractivity contribution in [3.8, 4) is 0 Å². The molecule has 7 heteroatoms. The Hall–Kier alpha value is -1.20. The summed E-state index contributed by atoms with van der Waals surface area (Å²) in [6.07, 6.45) is 0.694. The fourth-order valence-corrected chi connectivity index (χ4v) is 5.03. The second-order valence-electron chi connectivity index (χ2n) is 5.20. The van der Waals surface area contributed by atoms with E-state index in [-0.39, 0.29) is 19.1 Å². The summed E-state index contributed by atoms with van der Waals surface area (Å²) in [6, 6.07) is 8.90. The van der Waals surface area contributed by atoms with Crippen molar-refractivity contribution in [2.45, 2.75) is 38.7 Å². The van der Waals surface area contributed by atoms with E-state index in [2.05, 4.69) is 0 Å². The molecule has 0 bridgehead atoms. The summed E-state index contributed by atoms with van der Waals surface area (Å²) in [6.45, 7) is 4.05. The van der Waals surface area contributed by atoms with Crippen LogP contribution in [0, 0.1) is 0 Å². The molecule has 1 fully saturated rings. The van der Waals surface area contributed by atoms with E-state index in [9.17, 15) is 9.36 Å². The fourth-order valence-electron chi connectivity index (χ4n) is 2.87. The van der Waals surface area contributed by atoms with Gasteiger partial charge in [0.25, 0.3) is 5.91 Å². The third kappa shape index (κ3) is 3.83. The first kappa shape index (κ1) is 18.1. The molecule has 23 heavy (non-hydrogen) atoms. The predicted octanol–water partition coefficient (Wildman–Crippen LogP) is 3.49. The molecule has 0 spiro atoms. The summed E-state index contributed by atoms with van der Waals surface area (Å²) >= 11 is 0. The fraction of sp³-hybridized carbons (Fsp3) is 0.562. The van der Waals surface area contributed by atoms with E-state index in [1.165, 1.54) is 4.90 Å². The summed E-state index contributed by atoms with van der Waals surface area (Å²) in [4.78, 5) is 14.4. The van der Waals surface area contributed by atoms with E-state index >= 15 is 0 Å². The van der Waals surface area contributed by atoms with Gasteiger partial charge in [0.2, 0.25) is 0 Å². The standard InChI is InChI=1S/C16H24NO5P/c1-4-21-23(19,22-5-2)15-12-11-14(20-3)17(15)16(18)13-9-7-6-8-10-13/h6-10,14-15H,4-5,11-12H2,1-3H3/t14?,15-/m1/s1. The number of methoxy groups -OCH3 is 1. The van der Waals surface area contributed by atoms with Gasteiger partial charge in [-0.15, -0.1) is 0 Å². The van der Waals surface area contributed by atoms with Crippen LogP contribution in [0.1, 0.15) is 37.0 Å². The molecule has 0 N–H and O–H groups in total. The molecule has 1 unspecified atom stereocenters. The number of amides is 1. The molecule has 1 aliphatic rings. The first-order chi connectivity index (χ1) is 11.1. The van der Waals surface area contributed by atoms with Crippen LogP contribution in [0.5, 0.6) is 0 Å². The van der Waals surface area contributed by atoms with Crippen molar-refractivity contribution >= 4 is 13.5 Å². The number of rotatable bonds is 7. The van der Waals surface area contributed by atoms with Gasteiger partial charge in [0, 0.05) is 12.7 Å². The summed E-state index contributed by atoms with van der Waals surface area (Å²) in [5, 5.41) is 0. The number of likely N-dealkylation sites (tertiary alicyclic amines) is 1. The molecule has 0 radical (unpaired) electrons. The third-order valence-electron chi connectivity index (χ3n) is 3.81. The van der Waals surface area contributed by atoms with E-state index in [1.54, 1.807) is 45.2 Å². The smallest absolute Gasteiger partial charge is 0.353 e. The van der Waals surface area contributed by atoms with Gasteiger partial charge < -0.3 is 13.8 Å². The maximum Gasteiger partial charge on any atom is 0.353 e. The van der Waals surface area contributed by atoms with Gasteiger partial charge in [-0.3, -0.25) is 14.3 Å². The van der Waals surface area contributed by atoms with Crippen molar-refractivity contribution in [1.82, 2.24) is 4.90 Å². The minimum atomic E-state index is -3.42. The average molecular weight is 341 g/mol. The summed E-state index contributed by atoms with van der Waals surface area (Å²) in [5.74, 6) is -0.848. The lowest BCUT2D eigenvalue weighted by molar-refractivity contribution is -0.00569. The molecule has 0 saturated carbocycles. The van der Waals surface area contributed by atoms with Gasteiger partial charge in [0.1, 0.15) is 12.0 Å². The van der Waals surface area contributed by atoms with Crippen molar-refractivity contribution in [3.63, 3.8) is 0 Å². The molecule has 1 aliphatic heterocycles. The molecule has 1 amide bonds. The number of carbonyl (C=O) groups excluding carboxylic acids is 1. The van der Waals surface area contributed by atoms with E-state index in [1.807, 2.05) is 6.07 Å². The Balaban J connectivity index is 2.35. The van der Waals surface area contributed by atoms with Crippen LogP contribution < -0.4 is 0 Å². The number of nitrogens with zero attached hydrogens (tertiary/aromatic N) is 1. The molecular weight excluding hydrogens is 317 g/mol. The zero-order chi connectivity index (χ0) is 16.9. The van der Waals surface area contributed by atoms with Crippen molar-refractivity contribution in [1.29, 1.82) is 0 Å². The van der Waals surface area contributed by atoms with E-state index < -0.39 is 19.6 Å². The van der Waals surface area contributed by atoms with Crippen molar-refractivity contribution in [3.05, 3.63) is 35.9 Å². The van der Waals surface area contributed by atoms with Crippen molar-refractivity contribution in [2.24, 2.45) is 0 Å². The highest BCUT2D eigenvalue weighted by Gasteiger charge is 2.49. The molecule has 2 rings (SSSR count). The monoisotopic (exact) mass is 341 g/mol. The molecule has 6 nitrogen and oxygen atoms in total. The van der Waals surface area contributed by atoms with E-state index in [0.717, 1.165) is 0 Å². The first-order valence-corrected chi connectivity index (χ1v) is 9.47. The number of hydrogen-bond donors (Lipinski definition) is 0. The molecule has 1 saturated heterocycles. The molecule has 0 aliphatic carbocycles. The van der Waals surface area contributed by atoms with Gasteiger partial charge in [-0.25, -0.2) is 0 Å². The minimum absolute atomic E-state index is 0.223. The van der Waals surface area contributed by atoms with Crippen LogP contribution >= 0.6 is 7.60 Å². The summed E-state index contributed by atoms with van der Waals surface area (Å²) < 4.78 is 29.4. The lowest BCUT2D eigenvalue weighted by Gasteiger charge is -2.33. The molecule has 1 aromatic rings. The molecule has 0 aromatic heterocycles. The quantitative estimate of drug-likeness (QED) is 0.710. The SMILES string of the molecule is CCOP(=O)(OCC)[C@@H]1CCC(OC)N1C(=O)c1ccccc1. The van der Waals surface area contributed by atoms with Crippen molar-refractivity contribution < 1.29 is 23.1 Å². The van der Waals surface area contributed by atoms with E-state index in [4.69, 9.17) is 13.8 Å². The molecule has 128 valence electrons. The maximum absolute atomic E-state index is 13.1. The second kappa shape index (κ2) is 8.06. The van der Waals surface area contributed by atoms with E-state index in [0.29, 0.717) is 18.4 Å². The Labute approximate surface area is 137 Å². The third-order valence-corrected chi connectivity index (χ3v) is 6.29. The molecule has 2 atom stereocenters. The topological polar surface area (TPSA) is 65.1 Å². The van der Waals surface area contributed by atoms with Crippen LogP contribution in [0.3, 0.4) is 0 Å². The highest BCUT2D eigenvalue weighted by Crippen LogP contribution is 2.58. The van der Waals surface area contributed by atoms with Gasteiger partial charge >= 0.3 is 7.60 Å². The predicted molar refractivity (Wildman–Crippen MR) is 87.3 cm³/mol. The van der Waals surface area contributed by atoms with Crippen LogP contribution in [-0.2, 0) is 18.3 Å². The first-order valence-electron chi connectivity index (χ1n) is 7.86. The van der Waals surface area contributed by atoms with Crippen LogP contribution in [0.2, 0.25) is 0 Å². The van der Waals surface area contributed by atoms with Gasteiger partial charge in [-0.1, -0.05) is 18.2 Å². The second-order valence-corrected chi connectivity index (χ2v) is 7.39. The number of ether oxygens (including phenoxy) is 1. The summed E-state index contributed by atoms with van der Waals surface area (Å²) in [5.41, 5.74) is 0.529. The van der Waals surface area contributed by atoms with Crippen LogP contribution in [0.4, 0.5) is 0 Å². The van der Waals surface area contributed by atoms with Gasteiger partial charge in [0.15, 0.2) is 0 Å². The Kier molecular flexibility index (Phi) is 6.36. The van der Waals surface area contributed by atoms with Crippen LogP contribution in [0.25, 0.3) is 0 Å². The molecule has 1 heterocycles. The number of hydrogen-bond acceptors (Lipinski definition) is 5. The summed E-state index contributed by atoms with van der Waals surface area (Å²) in [7, 11) is -1.88. The lowest BCUT2D eigenvalue weighted by Crippen LogP contribution is -2.42.